The highest BCUT2D eigenvalue weighted by Gasteiger charge is 2.31. The fourth-order valence-electron chi connectivity index (χ4n) is 1.45. The summed E-state index contributed by atoms with van der Waals surface area (Å²) in [6.07, 6.45) is -3.29. The summed E-state index contributed by atoms with van der Waals surface area (Å²) < 4.78 is 37.1. The summed E-state index contributed by atoms with van der Waals surface area (Å²) >= 11 is 0. The zero-order valence-corrected chi connectivity index (χ0v) is 9.43. The number of alkyl halides is 3. The average molecular weight is 233 g/mol. The molecule has 0 amide bonds. The van der Waals surface area contributed by atoms with E-state index in [0.29, 0.717) is 12.0 Å². The van der Waals surface area contributed by atoms with Crippen LogP contribution in [0.4, 0.5) is 13.2 Å². The molecule has 2 nitrogen and oxygen atoms in total. The van der Waals surface area contributed by atoms with Crippen LogP contribution in [0, 0.1) is 5.41 Å². The molecule has 5 heteroatoms. The molecule has 0 fully saturated rings. The van der Waals surface area contributed by atoms with E-state index in [1.54, 1.807) is 0 Å². The first-order valence-corrected chi connectivity index (χ1v) is 4.88. The van der Waals surface area contributed by atoms with E-state index in [0.717, 1.165) is 12.3 Å². The molecule has 1 aromatic heterocycles. The molecule has 0 N–H and O–H groups in total. The first-order chi connectivity index (χ1) is 7.09. The lowest BCUT2D eigenvalue weighted by atomic mass is 9.89. The molecule has 1 aromatic rings. The van der Waals surface area contributed by atoms with Gasteiger partial charge in [-0.3, -0.25) is 4.79 Å². The van der Waals surface area contributed by atoms with Crippen LogP contribution in [0.3, 0.4) is 0 Å². The molecule has 0 spiro atoms. The smallest absolute Gasteiger partial charge is 0.269 e. The maximum absolute atomic E-state index is 12.4. The van der Waals surface area contributed by atoms with E-state index >= 15 is 0 Å². The zero-order valence-electron chi connectivity index (χ0n) is 9.43. The lowest BCUT2D eigenvalue weighted by Crippen LogP contribution is -2.30. The minimum Gasteiger partial charge on any atom is -0.269 e. The van der Waals surface area contributed by atoms with E-state index in [1.165, 1.54) is 6.07 Å². The number of hydrogen-bond donors (Lipinski definition) is 0. The molecule has 0 radical (unpaired) electrons. The highest BCUT2D eigenvalue weighted by molar-refractivity contribution is 5.12. The van der Waals surface area contributed by atoms with Gasteiger partial charge < -0.3 is 0 Å². The summed E-state index contributed by atoms with van der Waals surface area (Å²) in [6, 6.07) is 2.39. The van der Waals surface area contributed by atoms with Crippen molar-refractivity contribution in [3.8, 4) is 0 Å². The number of rotatable bonds is 1. The van der Waals surface area contributed by atoms with Gasteiger partial charge in [0, 0.05) is 12.3 Å². The Morgan fingerprint density at radius 2 is 1.75 bits per heavy atom. The number of hydrogen-bond acceptors (Lipinski definition) is 1. The van der Waals surface area contributed by atoms with Gasteiger partial charge in [-0.05, 0) is 17.4 Å². The molecule has 1 rings (SSSR count). The summed E-state index contributed by atoms with van der Waals surface area (Å²) in [5.41, 5.74) is -0.664. The van der Waals surface area contributed by atoms with E-state index in [4.69, 9.17) is 0 Å². The number of pyridine rings is 1. The zero-order chi connectivity index (χ0) is 12.6. The topological polar surface area (TPSA) is 22.0 Å². The van der Waals surface area contributed by atoms with Crippen molar-refractivity contribution in [2.75, 3.05) is 0 Å². The highest BCUT2D eigenvalue weighted by atomic mass is 19.4. The van der Waals surface area contributed by atoms with Crippen molar-refractivity contribution in [2.24, 2.45) is 5.41 Å². The predicted octanol–water partition coefficient (Wildman–Crippen LogP) is 2.91. The van der Waals surface area contributed by atoms with Crippen LogP contribution in [0.15, 0.2) is 23.1 Å². The van der Waals surface area contributed by atoms with Gasteiger partial charge in [0.05, 0.1) is 0 Å². The van der Waals surface area contributed by atoms with Gasteiger partial charge in [-0.25, -0.2) is 4.57 Å². The highest BCUT2D eigenvalue weighted by Crippen LogP contribution is 2.23. The van der Waals surface area contributed by atoms with Crippen LogP contribution in [0.2, 0.25) is 0 Å². The molecular formula is C11H14F3NO. The van der Waals surface area contributed by atoms with Crippen molar-refractivity contribution in [3.63, 3.8) is 0 Å². The first-order valence-electron chi connectivity index (χ1n) is 4.88. The molecule has 0 aliphatic carbocycles. The van der Waals surface area contributed by atoms with E-state index in [9.17, 15) is 18.0 Å². The van der Waals surface area contributed by atoms with Crippen molar-refractivity contribution in [2.45, 2.75) is 33.5 Å². The summed E-state index contributed by atoms with van der Waals surface area (Å²) in [4.78, 5) is 11.0. The summed E-state index contributed by atoms with van der Waals surface area (Å²) in [7, 11) is 0. The fourth-order valence-corrected chi connectivity index (χ4v) is 1.45. The molecule has 90 valence electrons. The molecule has 0 aliphatic heterocycles. The van der Waals surface area contributed by atoms with Crippen LogP contribution in [0.1, 0.15) is 26.3 Å². The van der Waals surface area contributed by atoms with E-state index < -0.39 is 11.9 Å². The Morgan fingerprint density at radius 3 is 2.19 bits per heavy atom. The summed E-state index contributed by atoms with van der Waals surface area (Å²) in [5.74, 6) is 0. The molecule has 0 saturated heterocycles. The maximum atomic E-state index is 12.4. The van der Waals surface area contributed by atoms with Gasteiger partial charge >= 0.3 is 6.30 Å². The Hall–Kier alpha value is -1.26. The molecule has 1 heterocycles. The lowest BCUT2D eigenvalue weighted by Gasteiger charge is -2.19. The molecule has 0 bridgehead atoms. The van der Waals surface area contributed by atoms with Gasteiger partial charge in [0.15, 0.2) is 0 Å². The third-order valence-electron chi connectivity index (χ3n) is 1.98. The second-order valence-corrected chi connectivity index (χ2v) is 4.95. The SMILES string of the molecule is CC(C)(C)Cc1ccc(=O)n(C(F)(F)F)c1. The summed E-state index contributed by atoms with van der Waals surface area (Å²) in [6.45, 7) is 5.78. The van der Waals surface area contributed by atoms with Crippen molar-refractivity contribution in [1.29, 1.82) is 0 Å². The quantitative estimate of drug-likeness (QED) is 0.731. The molecule has 0 atom stereocenters. The van der Waals surface area contributed by atoms with E-state index in [-0.39, 0.29) is 9.98 Å². The van der Waals surface area contributed by atoms with Crippen molar-refractivity contribution >= 4 is 0 Å². The Bertz CT molecular complexity index is 426. The molecular weight excluding hydrogens is 219 g/mol. The monoisotopic (exact) mass is 233 g/mol. The molecule has 0 unspecified atom stereocenters. The molecule has 0 aliphatic rings. The van der Waals surface area contributed by atoms with Crippen LogP contribution < -0.4 is 5.56 Å². The number of halogens is 3. The Balaban J connectivity index is 3.14. The third-order valence-corrected chi connectivity index (χ3v) is 1.98. The van der Waals surface area contributed by atoms with Gasteiger partial charge in [-0.1, -0.05) is 26.8 Å². The normalized spacial score (nSPS) is 12.9. The van der Waals surface area contributed by atoms with Crippen LogP contribution in [-0.4, -0.2) is 4.57 Å². The van der Waals surface area contributed by atoms with Crippen molar-refractivity contribution in [1.82, 2.24) is 4.57 Å². The fraction of sp³-hybridized carbons (Fsp3) is 0.545. The second kappa shape index (κ2) is 3.96. The minimum absolute atomic E-state index is 0.117. The molecule has 0 aromatic carbocycles. The van der Waals surface area contributed by atoms with Gasteiger partial charge in [-0.2, -0.15) is 0 Å². The van der Waals surface area contributed by atoms with Gasteiger partial charge in [-0.15, -0.1) is 13.2 Å². The molecule has 16 heavy (non-hydrogen) atoms. The Morgan fingerprint density at radius 1 is 1.19 bits per heavy atom. The lowest BCUT2D eigenvalue weighted by molar-refractivity contribution is -0.206. The Kier molecular flexibility index (Phi) is 3.17. The van der Waals surface area contributed by atoms with Crippen LogP contribution in [0.5, 0.6) is 0 Å². The standard InChI is InChI=1S/C11H14F3NO/c1-10(2,3)6-8-4-5-9(16)15(7-8)11(12,13)14/h4-5,7H,6H2,1-3H3. The van der Waals surface area contributed by atoms with Crippen LogP contribution in [-0.2, 0) is 12.7 Å². The van der Waals surface area contributed by atoms with Crippen molar-refractivity contribution < 1.29 is 13.2 Å². The minimum atomic E-state index is -4.65. The van der Waals surface area contributed by atoms with Gasteiger partial charge in [0.2, 0.25) is 0 Å². The summed E-state index contributed by atoms with van der Waals surface area (Å²) in [5, 5.41) is 0. The number of aromatic nitrogens is 1. The molecule has 0 saturated carbocycles. The van der Waals surface area contributed by atoms with Gasteiger partial charge in [0.25, 0.3) is 5.56 Å². The van der Waals surface area contributed by atoms with E-state index in [1.807, 2.05) is 20.8 Å². The number of nitrogens with zero attached hydrogens (tertiary/aromatic N) is 1. The average Bonchev–Trinajstić information content (AvgIpc) is 2.04. The third kappa shape index (κ3) is 3.40. The largest absolute Gasteiger partial charge is 0.491 e. The maximum Gasteiger partial charge on any atom is 0.491 e. The van der Waals surface area contributed by atoms with Crippen LogP contribution >= 0.6 is 0 Å². The van der Waals surface area contributed by atoms with Gasteiger partial charge in [0.1, 0.15) is 0 Å². The second-order valence-electron chi connectivity index (χ2n) is 4.95. The van der Waals surface area contributed by atoms with Crippen LogP contribution in [0.25, 0.3) is 0 Å². The Labute approximate surface area is 91.7 Å². The van der Waals surface area contributed by atoms with E-state index in [2.05, 4.69) is 0 Å². The first kappa shape index (κ1) is 12.8. The predicted molar refractivity (Wildman–Crippen MR) is 55.2 cm³/mol. The van der Waals surface area contributed by atoms with Crippen molar-refractivity contribution in [3.05, 3.63) is 34.2 Å².